The first kappa shape index (κ1) is 29.2. The van der Waals surface area contributed by atoms with Crippen LogP contribution in [0.5, 0.6) is 5.75 Å². The third-order valence-electron chi connectivity index (χ3n) is 6.48. The average molecular weight is 588 g/mol. The van der Waals surface area contributed by atoms with Crippen LogP contribution in [0.3, 0.4) is 0 Å². The molecule has 1 atom stereocenters. The van der Waals surface area contributed by atoms with Gasteiger partial charge in [0.25, 0.3) is 10.0 Å². The fraction of sp³-hybridized carbons (Fsp3) is 0.296. The van der Waals surface area contributed by atoms with Crippen LogP contribution in [0.15, 0.2) is 71.6 Å². The van der Waals surface area contributed by atoms with Gasteiger partial charge in [-0.1, -0.05) is 24.3 Å². The number of anilines is 1. The number of hydrogen-bond acceptors (Lipinski definition) is 4. The highest BCUT2D eigenvalue weighted by atomic mass is 32.2. The minimum atomic E-state index is -4.82. The number of halogens is 6. The number of alkyl halides is 6. The molecule has 1 aliphatic heterocycles. The summed E-state index contributed by atoms with van der Waals surface area (Å²) in [5.74, 6) is -1.20. The fourth-order valence-electron chi connectivity index (χ4n) is 4.32. The summed E-state index contributed by atoms with van der Waals surface area (Å²) in [6.45, 7) is 2.38. The molecule has 3 aromatic carbocycles. The predicted molar refractivity (Wildman–Crippen MR) is 133 cm³/mol. The molecule has 0 saturated heterocycles. The Balaban J connectivity index is 1.84. The van der Waals surface area contributed by atoms with Crippen LogP contribution in [-0.2, 0) is 27.2 Å². The number of carboxylic acid groups (broad SMARTS) is 1. The van der Waals surface area contributed by atoms with Crippen LogP contribution in [0.25, 0.3) is 11.1 Å². The highest BCUT2D eigenvalue weighted by Gasteiger charge is 2.40. The maximum Gasteiger partial charge on any atom is 0.416 e. The number of carbonyl (C=O) groups is 1. The highest BCUT2D eigenvalue weighted by Crippen LogP contribution is 2.43. The third-order valence-corrected chi connectivity index (χ3v) is 8.26. The SMILES string of the molecule is CC(C)(C[C@H]1CN(S(=O)(=O)c2cccc(C(F)(F)F)c2)c2cc(-c3cccc(C(F)(F)F)c3)ccc2O1)C(=O)O. The Morgan fingerprint density at radius 2 is 1.48 bits per heavy atom. The summed E-state index contributed by atoms with van der Waals surface area (Å²) in [5.41, 5.74) is -3.26. The summed E-state index contributed by atoms with van der Waals surface area (Å²) < 4.78 is 114. The van der Waals surface area contributed by atoms with Gasteiger partial charge in [0, 0.05) is 6.42 Å². The van der Waals surface area contributed by atoms with Crippen molar-refractivity contribution < 1.29 is 49.4 Å². The van der Waals surface area contributed by atoms with E-state index < -0.39 is 62.4 Å². The quantitative estimate of drug-likeness (QED) is 0.319. The molecule has 214 valence electrons. The molecule has 0 amide bonds. The van der Waals surface area contributed by atoms with E-state index in [1.807, 2.05) is 0 Å². The minimum Gasteiger partial charge on any atom is -0.486 e. The van der Waals surface area contributed by atoms with E-state index in [4.69, 9.17) is 4.74 Å². The van der Waals surface area contributed by atoms with Crippen LogP contribution in [0, 0.1) is 5.41 Å². The van der Waals surface area contributed by atoms with E-state index in [9.17, 15) is 44.7 Å². The Kier molecular flexibility index (Phi) is 7.33. The first-order valence-electron chi connectivity index (χ1n) is 11.8. The van der Waals surface area contributed by atoms with Crippen LogP contribution < -0.4 is 9.04 Å². The van der Waals surface area contributed by atoms with Crippen LogP contribution in [-0.4, -0.2) is 32.1 Å². The predicted octanol–water partition coefficient (Wildman–Crippen LogP) is 6.85. The van der Waals surface area contributed by atoms with Crippen LogP contribution in [0.2, 0.25) is 0 Å². The summed E-state index contributed by atoms with van der Waals surface area (Å²) in [4.78, 5) is 11.0. The molecule has 0 aliphatic carbocycles. The largest absolute Gasteiger partial charge is 0.486 e. The molecule has 0 radical (unpaired) electrons. The van der Waals surface area contributed by atoms with Crippen molar-refractivity contribution in [2.75, 3.05) is 10.8 Å². The van der Waals surface area contributed by atoms with Crippen molar-refractivity contribution in [2.45, 2.75) is 43.6 Å². The first-order valence-corrected chi connectivity index (χ1v) is 13.3. The molecule has 1 aliphatic rings. The second-order valence-electron chi connectivity index (χ2n) is 9.96. The lowest BCUT2D eigenvalue weighted by molar-refractivity contribution is -0.148. The topological polar surface area (TPSA) is 83.9 Å². The minimum absolute atomic E-state index is 0.0243. The summed E-state index contributed by atoms with van der Waals surface area (Å²) in [6.07, 6.45) is -10.6. The number of carboxylic acids is 1. The summed E-state index contributed by atoms with van der Waals surface area (Å²) in [5, 5.41) is 9.55. The molecule has 13 heteroatoms. The monoisotopic (exact) mass is 587 g/mol. The van der Waals surface area contributed by atoms with Gasteiger partial charge < -0.3 is 9.84 Å². The standard InChI is InChI=1S/C27H23F6NO5S/c1-25(2,24(35)36)14-20-15-34(40(37,38)21-8-4-7-19(13-21)27(31,32)33)22-12-17(9-10-23(22)39-20)16-5-3-6-18(11-16)26(28,29)30/h3-13,20H,14-15H2,1-2H3,(H,35,36)/t20-/m0/s1. The number of nitrogens with zero attached hydrogens (tertiary/aromatic N) is 1. The molecule has 0 aromatic heterocycles. The molecule has 0 saturated carbocycles. The molecule has 3 aromatic rings. The Bertz CT molecular complexity index is 1550. The van der Waals surface area contributed by atoms with Crippen molar-refractivity contribution >= 4 is 21.7 Å². The molecular weight excluding hydrogens is 564 g/mol. The lowest BCUT2D eigenvalue weighted by atomic mass is 9.86. The number of fused-ring (bicyclic) bond motifs is 1. The van der Waals surface area contributed by atoms with Crippen LogP contribution >= 0.6 is 0 Å². The van der Waals surface area contributed by atoms with Gasteiger partial charge in [0.1, 0.15) is 11.9 Å². The molecule has 40 heavy (non-hydrogen) atoms. The molecule has 1 N–H and O–H groups in total. The zero-order chi connectivity index (χ0) is 29.7. The second kappa shape index (κ2) is 10.0. The van der Waals surface area contributed by atoms with Crippen molar-refractivity contribution in [1.29, 1.82) is 0 Å². The van der Waals surface area contributed by atoms with Gasteiger partial charge in [-0.2, -0.15) is 26.3 Å². The Morgan fingerprint density at radius 1 is 0.900 bits per heavy atom. The zero-order valence-electron chi connectivity index (χ0n) is 21.0. The normalized spacial score (nSPS) is 16.3. The van der Waals surface area contributed by atoms with Gasteiger partial charge in [-0.25, -0.2) is 8.42 Å². The number of sulfonamides is 1. The van der Waals surface area contributed by atoms with Gasteiger partial charge in [-0.15, -0.1) is 0 Å². The Labute approximate surface area is 225 Å². The van der Waals surface area contributed by atoms with Gasteiger partial charge >= 0.3 is 18.3 Å². The molecule has 0 spiro atoms. The number of ether oxygens (including phenoxy) is 1. The molecule has 6 nitrogen and oxygen atoms in total. The van der Waals surface area contributed by atoms with Gasteiger partial charge in [0.2, 0.25) is 0 Å². The first-order chi connectivity index (χ1) is 18.4. The number of benzene rings is 3. The fourth-order valence-corrected chi connectivity index (χ4v) is 5.86. The van der Waals surface area contributed by atoms with Crippen LogP contribution in [0.4, 0.5) is 32.0 Å². The molecule has 0 fully saturated rings. The van der Waals surface area contributed by atoms with Crippen LogP contribution in [0.1, 0.15) is 31.4 Å². The van der Waals surface area contributed by atoms with Crippen molar-refractivity contribution in [3.63, 3.8) is 0 Å². The molecule has 4 rings (SSSR count). The summed E-state index contributed by atoms with van der Waals surface area (Å²) in [7, 11) is -4.67. The lowest BCUT2D eigenvalue weighted by Crippen LogP contribution is -2.46. The molecule has 0 bridgehead atoms. The van der Waals surface area contributed by atoms with E-state index >= 15 is 0 Å². The molecule has 1 heterocycles. The maximum atomic E-state index is 13.7. The highest BCUT2D eigenvalue weighted by molar-refractivity contribution is 7.92. The van der Waals surface area contributed by atoms with E-state index in [-0.39, 0.29) is 29.0 Å². The van der Waals surface area contributed by atoms with Crippen molar-refractivity contribution in [3.05, 3.63) is 77.9 Å². The van der Waals surface area contributed by atoms with E-state index in [0.29, 0.717) is 6.07 Å². The Hall–Kier alpha value is -3.74. The second-order valence-corrected chi connectivity index (χ2v) is 11.8. The van der Waals surface area contributed by atoms with Crippen molar-refractivity contribution in [2.24, 2.45) is 5.41 Å². The molecular formula is C27H23F6NO5S. The molecule has 0 unspecified atom stereocenters. The summed E-state index contributed by atoms with van der Waals surface area (Å²) >= 11 is 0. The van der Waals surface area contributed by atoms with Gasteiger partial charge in [0.05, 0.1) is 33.7 Å². The lowest BCUT2D eigenvalue weighted by Gasteiger charge is -2.38. The third kappa shape index (κ3) is 5.88. The van der Waals surface area contributed by atoms with E-state index in [2.05, 4.69) is 0 Å². The van der Waals surface area contributed by atoms with Crippen molar-refractivity contribution in [3.8, 4) is 16.9 Å². The summed E-state index contributed by atoms with van der Waals surface area (Å²) in [6, 6.07) is 11.5. The zero-order valence-corrected chi connectivity index (χ0v) is 21.9. The van der Waals surface area contributed by atoms with Crippen molar-refractivity contribution in [1.82, 2.24) is 0 Å². The van der Waals surface area contributed by atoms with Gasteiger partial charge in [-0.3, -0.25) is 9.10 Å². The van der Waals surface area contributed by atoms with Gasteiger partial charge in [0.15, 0.2) is 0 Å². The maximum absolute atomic E-state index is 13.7. The van der Waals surface area contributed by atoms with E-state index in [1.165, 1.54) is 44.2 Å². The Morgan fingerprint density at radius 3 is 2.08 bits per heavy atom. The number of aliphatic carboxylic acids is 1. The van der Waals surface area contributed by atoms with Gasteiger partial charge in [-0.05, 0) is 67.4 Å². The van der Waals surface area contributed by atoms with E-state index in [1.54, 1.807) is 0 Å². The van der Waals surface area contributed by atoms with E-state index in [0.717, 1.165) is 34.6 Å². The number of hydrogen-bond donors (Lipinski definition) is 1. The average Bonchev–Trinajstić information content (AvgIpc) is 2.87. The number of rotatable bonds is 6. The smallest absolute Gasteiger partial charge is 0.416 e.